The highest BCUT2D eigenvalue weighted by atomic mass is 32.1. The van der Waals surface area contributed by atoms with Crippen molar-refractivity contribution in [3.8, 4) is 11.1 Å². The summed E-state index contributed by atoms with van der Waals surface area (Å²) < 4.78 is 13.4. The fourth-order valence-corrected chi connectivity index (χ4v) is 3.18. The topological polar surface area (TPSA) is 70.2 Å². The second-order valence-electron chi connectivity index (χ2n) is 4.91. The molecule has 0 radical (unpaired) electrons. The van der Waals surface area contributed by atoms with Crippen LogP contribution >= 0.6 is 11.3 Å². The molecule has 1 aromatic carbocycles. The van der Waals surface area contributed by atoms with Crippen LogP contribution in [0.15, 0.2) is 35.8 Å². The maximum atomic E-state index is 13.4. The number of aliphatic carboxylic acids is 1. The maximum Gasteiger partial charge on any atom is 0.303 e. The van der Waals surface area contributed by atoms with Gasteiger partial charge in [-0.3, -0.25) is 9.59 Å². The first-order valence-corrected chi connectivity index (χ1v) is 7.53. The van der Waals surface area contributed by atoms with Crippen LogP contribution in [0.5, 0.6) is 0 Å². The number of hydrogen-bond donors (Lipinski definition) is 2. The van der Waals surface area contributed by atoms with Crippen LogP contribution < -0.4 is 0 Å². The molecule has 3 rings (SSSR count). The summed E-state index contributed by atoms with van der Waals surface area (Å²) in [6.07, 6.45) is 1.58. The fraction of sp³-hybridized carbons (Fsp3) is 0.125. The first kappa shape index (κ1) is 14.5. The fourth-order valence-electron chi connectivity index (χ4n) is 2.30. The van der Waals surface area contributed by atoms with Gasteiger partial charge < -0.3 is 10.1 Å². The van der Waals surface area contributed by atoms with Gasteiger partial charge in [-0.15, -0.1) is 11.3 Å². The van der Waals surface area contributed by atoms with E-state index in [1.165, 1.54) is 23.5 Å². The smallest absolute Gasteiger partial charge is 0.303 e. The van der Waals surface area contributed by atoms with Crippen molar-refractivity contribution in [3.63, 3.8) is 0 Å². The number of carboxylic acid groups (broad SMARTS) is 1. The number of halogens is 1. The average Bonchev–Trinajstić information content (AvgIpc) is 3.10. The molecular formula is C16H12FNO3S. The molecule has 0 aliphatic carbocycles. The number of H-pyrrole nitrogens is 1. The van der Waals surface area contributed by atoms with E-state index in [1.54, 1.807) is 18.3 Å². The molecule has 112 valence electrons. The van der Waals surface area contributed by atoms with E-state index >= 15 is 0 Å². The molecule has 3 aromatic rings. The largest absolute Gasteiger partial charge is 0.481 e. The molecule has 6 heteroatoms. The Balaban J connectivity index is 1.91. The molecule has 0 unspecified atom stereocenters. The summed E-state index contributed by atoms with van der Waals surface area (Å²) in [5, 5.41) is 11.2. The Morgan fingerprint density at radius 1 is 1.23 bits per heavy atom. The number of ketones is 1. The van der Waals surface area contributed by atoms with Gasteiger partial charge in [0.2, 0.25) is 0 Å². The number of carbonyl (C=O) groups is 2. The zero-order valence-electron chi connectivity index (χ0n) is 11.4. The minimum absolute atomic E-state index is 0.0161. The minimum atomic E-state index is -0.989. The Kier molecular flexibility index (Phi) is 3.77. The van der Waals surface area contributed by atoms with Gasteiger partial charge in [0.15, 0.2) is 5.78 Å². The van der Waals surface area contributed by atoms with Crippen molar-refractivity contribution in [2.75, 3.05) is 0 Å². The van der Waals surface area contributed by atoms with Gasteiger partial charge in [-0.1, -0.05) is 0 Å². The van der Waals surface area contributed by atoms with Crippen molar-refractivity contribution in [3.05, 3.63) is 46.5 Å². The zero-order chi connectivity index (χ0) is 15.7. The molecule has 2 aromatic heterocycles. The zero-order valence-corrected chi connectivity index (χ0v) is 12.2. The van der Waals surface area contributed by atoms with E-state index in [4.69, 9.17) is 5.11 Å². The van der Waals surface area contributed by atoms with E-state index < -0.39 is 5.97 Å². The van der Waals surface area contributed by atoms with E-state index in [0.717, 1.165) is 22.0 Å². The third-order valence-electron chi connectivity index (χ3n) is 3.40. The van der Waals surface area contributed by atoms with Crippen molar-refractivity contribution >= 4 is 34.0 Å². The average molecular weight is 317 g/mol. The van der Waals surface area contributed by atoms with E-state index in [2.05, 4.69) is 4.98 Å². The molecule has 22 heavy (non-hydrogen) atoms. The predicted molar refractivity (Wildman–Crippen MR) is 82.8 cm³/mol. The highest BCUT2D eigenvalue weighted by Crippen LogP contribution is 2.32. The number of aromatic amines is 1. The molecule has 0 aliphatic heterocycles. The summed E-state index contributed by atoms with van der Waals surface area (Å²) in [5.74, 6) is -1.50. The lowest BCUT2D eigenvalue weighted by molar-refractivity contribution is -0.136. The molecular weight excluding hydrogens is 305 g/mol. The summed E-state index contributed by atoms with van der Waals surface area (Å²) in [4.78, 5) is 26.0. The van der Waals surface area contributed by atoms with Gasteiger partial charge in [0.1, 0.15) is 5.82 Å². The summed E-state index contributed by atoms with van der Waals surface area (Å²) in [6, 6.07) is 6.23. The normalized spacial score (nSPS) is 11.0. The standard InChI is InChI=1S/C16H12FNO3S/c17-10-1-2-13-11(6-10)12(7-18-13)9-5-15(22-8-9)14(19)3-4-16(20)21/h1-2,5-8,18H,3-4H2,(H,20,21). The SMILES string of the molecule is O=C(O)CCC(=O)c1cc(-c2c[nH]c3ccc(F)cc23)cs1. The first-order valence-electron chi connectivity index (χ1n) is 6.65. The number of thiophene rings is 1. The Hall–Kier alpha value is -2.47. The maximum absolute atomic E-state index is 13.4. The lowest BCUT2D eigenvalue weighted by Gasteiger charge is -1.96. The molecule has 0 amide bonds. The number of Topliss-reactive ketones (excluding diaryl/α,β-unsaturated/α-hetero) is 1. The lowest BCUT2D eigenvalue weighted by atomic mass is 10.1. The van der Waals surface area contributed by atoms with Crippen LogP contribution in [0.2, 0.25) is 0 Å². The van der Waals surface area contributed by atoms with Gasteiger partial charge in [-0.05, 0) is 35.2 Å². The number of nitrogens with one attached hydrogen (secondary N) is 1. The quantitative estimate of drug-likeness (QED) is 0.697. The molecule has 0 atom stereocenters. The van der Waals surface area contributed by atoms with E-state index in [-0.39, 0.29) is 24.4 Å². The van der Waals surface area contributed by atoms with Gasteiger partial charge in [0.25, 0.3) is 0 Å². The predicted octanol–water partition coefficient (Wildman–Crippen LogP) is 4.08. The summed E-state index contributed by atoms with van der Waals surface area (Å²) in [6.45, 7) is 0. The van der Waals surface area contributed by atoms with Gasteiger partial charge in [-0.2, -0.15) is 0 Å². The summed E-state index contributed by atoms with van der Waals surface area (Å²) in [7, 11) is 0. The van der Waals surface area contributed by atoms with Crippen LogP contribution in [0.1, 0.15) is 22.5 Å². The van der Waals surface area contributed by atoms with Crippen LogP contribution in [-0.2, 0) is 4.79 Å². The van der Waals surface area contributed by atoms with E-state index in [1.807, 2.05) is 5.38 Å². The molecule has 0 aliphatic rings. The number of aromatic nitrogens is 1. The van der Waals surface area contributed by atoms with Gasteiger partial charge in [0.05, 0.1) is 11.3 Å². The second kappa shape index (κ2) is 5.73. The monoisotopic (exact) mass is 317 g/mol. The molecule has 0 fully saturated rings. The Labute approximate surface area is 129 Å². The Bertz CT molecular complexity index is 865. The van der Waals surface area contributed by atoms with Crippen molar-refractivity contribution in [2.45, 2.75) is 12.8 Å². The number of hydrogen-bond acceptors (Lipinski definition) is 3. The Morgan fingerprint density at radius 2 is 2.05 bits per heavy atom. The molecule has 2 N–H and O–H groups in total. The van der Waals surface area contributed by atoms with E-state index in [0.29, 0.717) is 4.88 Å². The number of benzene rings is 1. The van der Waals surface area contributed by atoms with Crippen LogP contribution in [0.4, 0.5) is 4.39 Å². The van der Waals surface area contributed by atoms with Crippen LogP contribution in [0.3, 0.4) is 0 Å². The molecule has 0 bridgehead atoms. The van der Waals surface area contributed by atoms with Gasteiger partial charge in [0, 0.05) is 29.1 Å². The second-order valence-corrected chi connectivity index (χ2v) is 5.82. The third kappa shape index (κ3) is 2.78. The Morgan fingerprint density at radius 3 is 2.82 bits per heavy atom. The minimum Gasteiger partial charge on any atom is -0.481 e. The molecule has 2 heterocycles. The van der Waals surface area contributed by atoms with E-state index in [9.17, 15) is 14.0 Å². The van der Waals surface area contributed by atoms with Crippen molar-refractivity contribution in [1.82, 2.24) is 4.98 Å². The molecule has 4 nitrogen and oxygen atoms in total. The highest BCUT2D eigenvalue weighted by molar-refractivity contribution is 7.12. The number of fused-ring (bicyclic) bond motifs is 1. The molecule has 0 saturated carbocycles. The van der Waals surface area contributed by atoms with Gasteiger partial charge in [-0.25, -0.2) is 4.39 Å². The van der Waals surface area contributed by atoms with Crippen molar-refractivity contribution < 1.29 is 19.1 Å². The molecule has 0 saturated heterocycles. The van der Waals surface area contributed by atoms with Crippen molar-refractivity contribution in [2.24, 2.45) is 0 Å². The number of carboxylic acids is 1. The lowest BCUT2D eigenvalue weighted by Crippen LogP contribution is -2.01. The molecule has 0 spiro atoms. The number of carbonyl (C=O) groups excluding carboxylic acids is 1. The number of rotatable bonds is 5. The van der Waals surface area contributed by atoms with Crippen LogP contribution in [0.25, 0.3) is 22.0 Å². The third-order valence-corrected chi connectivity index (χ3v) is 4.37. The summed E-state index contributed by atoms with van der Waals surface area (Å²) >= 11 is 1.27. The van der Waals surface area contributed by atoms with Crippen LogP contribution in [0, 0.1) is 5.82 Å². The van der Waals surface area contributed by atoms with Crippen molar-refractivity contribution in [1.29, 1.82) is 0 Å². The first-order chi connectivity index (χ1) is 10.5. The van der Waals surface area contributed by atoms with Gasteiger partial charge >= 0.3 is 5.97 Å². The van der Waals surface area contributed by atoms with Crippen LogP contribution in [-0.4, -0.2) is 21.8 Å². The highest BCUT2D eigenvalue weighted by Gasteiger charge is 2.14. The summed E-state index contributed by atoms with van der Waals surface area (Å²) in [5.41, 5.74) is 2.46.